The summed E-state index contributed by atoms with van der Waals surface area (Å²) in [4.78, 5) is 13.3. The van der Waals surface area contributed by atoms with E-state index in [0.717, 1.165) is 13.0 Å². The van der Waals surface area contributed by atoms with Gasteiger partial charge in [-0.2, -0.15) is 0 Å². The number of carbonyl (C=O) groups is 1. The summed E-state index contributed by atoms with van der Waals surface area (Å²) in [5.41, 5.74) is 0.390. The van der Waals surface area contributed by atoms with Gasteiger partial charge in [0, 0.05) is 32.9 Å². The van der Waals surface area contributed by atoms with Gasteiger partial charge in [-0.1, -0.05) is 12.1 Å². The molecule has 0 fully saturated rings. The Labute approximate surface area is 89.4 Å². The Bertz CT molecular complexity index is 354. The van der Waals surface area contributed by atoms with Crippen molar-refractivity contribution in [2.24, 2.45) is 0 Å². The van der Waals surface area contributed by atoms with Crippen LogP contribution in [0.15, 0.2) is 18.5 Å². The largest absolute Gasteiger partial charge is 0.383 e. The van der Waals surface area contributed by atoms with Crippen molar-refractivity contribution in [1.82, 2.24) is 19.9 Å². The molecule has 0 saturated carbocycles. The molecule has 0 spiro atoms. The molecule has 0 aliphatic rings. The molecule has 0 saturated heterocycles. The lowest BCUT2D eigenvalue weighted by Gasteiger charge is -2.01. The minimum Gasteiger partial charge on any atom is -0.383 e. The average molecular weight is 208 g/mol. The zero-order chi connectivity index (χ0) is 11.3. The highest BCUT2D eigenvalue weighted by molar-refractivity contribution is 6.02. The summed E-state index contributed by atoms with van der Waals surface area (Å²) in [5.74, 6) is -0.119. The quantitative estimate of drug-likeness (QED) is 0.534. The number of hydrogen-bond donors (Lipinski definition) is 0. The van der Waals surface area contributed by atoms with Crippen molar-refractivity contribution < 1.29 is 4.79 Å². The molecule has 5 heteroatoms. The van der Waals surface area contributed by atoms with Crippen LogP contribution in [0.4, 0.5) is 0 Å². The van der Waals surface area contributed by atoms with Gasteiger partial charge in [0.2, 0.25) is 5.78 Å². The van der Waals surface area contributed by atoms with E-state index in [1.54, 1.807) is 22.0 Å². The predicted octanol–water partition coefficient (Wildman–Crippen LogP) is 0.946. The smallest absolute Gasteiger partial charge is 0.209 e. The molecule has 1 aromatic rings. The van der Waals surface area contributed by atoms with Crippen LogP contribution in [0.3, 0.4) is 0 Å². The normalized spacial score (nSPS) is 10.9. The Kier molecular flexibility index (Phi) is 4.03. The number of aromatic nitrogens is 3. The number of nitrogens with zero attached hydrogens (tertiary/aromatic N) is 4. The van der Waals surface area contributed by atoms with Gasteiger partial charge in [-0.25, -0.2) is 0 Å². The van der Waals surface area contributed by atoms with Crippen LogP contribution in [-0.2, 0) is 6.54 Å². The second-order valence-electron chi connectivity index (χ2n) is 3.51. The maximum absolute atomic E-state index is 11.5. The molecule has 82 valence electrons. The van der Waals surface area contributed by atoms with Crippen molar-refractivity contribution in [1.29, 1.82) is 0 Å². The monoisotopic (exact) mass is 208 g/mol. The summed E-state index contributed by atoms with van der Waals surface area (Å²) in [5, 5.41) is 7.66. The van der Waals surface area contributed by atoms with Crippen molar-refractivity contribution in [3.63, 3.8) is 0 Å². The summed E-state index contributed by atoms with van der Waals surface area (Å²) < 4.78 is 1.68. The fraction of sp³-hybridized carbons (Fsp3) is 0.500. The van der Waals surface area contributed by atoms with Gasteiger partial charge in [-0.15, -0.1) is 5.10 Å². The standard InChI is InChI=1S/C10H16N4O/c1-4-6-14-8-9(11-12-14)10(15)5-7-13(2)3/h5,7-8H,4,6H2,1-3H3/b7-5+. The van der Waals surface area contributed by atoms with E-state index in [9.17, 15) is 4.79 Å². The molecular formula is C10H16N4O. The van der Waals surface area contributed by atoms with E-state index in [2.05, 4.69) is 17.2 Å². The minimum atomic E-state index is -0.119. The number of aryl methyl sites for hydroxylation is 1. The van der Waals surface area contributed by atoms with Gasteiger partial charge in [0.15, 0.2) is 5.69 Å². The molecule has 0 amide bonds. The van der Waals surface area contributed by atoms with Gasteiger partial charge in [-0.3, -0.25) is 9.48 Å². The molecule has 0 unspecified atom stereocenters. The van der Waals surface area contributed by atoms with E-state index in [0.29, 0.717) is 5.69 Å². The molecule has 0 N–H and O–H groups in total. The van der Waals surface area contributed by atoms with E-state index in [4.69, 9.17) is 0 Å². The first-order valence-corrected chi connectivity index (χ1v) is 4.92. The molecule has 1 rings (SSSR count). The molecule has 0 aromatic carbocycles. The maximum Gasteiger partial charge on any atom is 0.209 e. The van der Waals surface area contributed by atoms with Crippen LogP contribution < -0.4 is 0 Å². The molecule has 5 nitrogen and oxygen atoms in total. The third-order valence-corrected chi connectivity index (χ3v) is 1.77. The van der Waals surface area contributed by atoms with Crippen LogP contribution in [0.2, 0.25) is 0 Å². The fourth-order valence-electron chi connectivity index (χ4n) is 1.05. The fourth-order valence-corrected chi connectivity index (χ4v) is 1.05. The summed E-state index contributed by atoms with van der Waals surface area (Å²) in [6.07, 6.45) is 5.83. The molecule has 1 aromatic heterocycles. The Balaban J connectivity index is 2.66. The highest BCUT2D eigenvalue weighted by Gasteiger charge is 2.06. The van der Waals surface area contributed by atoms with E-state index >= 15 is 0 Å². The Morgan fingerprint density at radius 2 is 2.33 bits per heavy atom. The summed E-state index contributed by atoms with van der Waals surface area (Å²) in [6.45, 7) is 2.84. The second-order valence-corrected chi connectivity index (χ2v) is 3.51. The SMILES string of the molecule is CCCn1cc(C(=O)/C=C/N(C)C)nn1. The lowest BCUT2D eigenvalue weighted by Crippen LogP contribution is -2.03. The van der Waals surface area contributed by atoms with Gasteiger partial charge < -0.3 is 4.90 Å². The van der Waals surface area contributed by atoms with Crippen molar-refractivity contribution in [2.45, 2.75) is 19.9 Å². The summed E-state index contributed by atoms with van der Waals surface area (Å²) >= 11 is 0. The summed E-state index contributed by atoms with van der Waals surface area (Å²) in [7, 11) is 3.72. The molecule has 1 heterocycles. The molecule has 0 radical (unpaired) electrons. The zero-order valence-corrected chi connectivity index (χ0v) is 9.34. The van der Waals surface area contributed by atoms with Crippen LogP contribution >= 0.6 is 0 Å². The lowest BCUT2D eigenvalue weighted by molar-refractivity contribution is 0.104. The van der Waals surface area contributed by atoms with Crippen molar-refractivity contribution in [2.75, 3.05) is 14.1 Å². The van der Waals surface area contributed by atoms with Crippen LogP contribution in [0.25, 0.3) is 0 Å². The first kappa shape index (κ1) is 11.4. The summed E-state index contributed by atoms with van der Waals surface area (Å²) in [6, 6.07) is 0. The zero-order valence-electron chi connectivity index (χ0n) is 9.34. The van der Waals surface area contributed by atoms with Gasteiger partial charge in [-0.05, 0) is 6.42 Å². The third-order valence-electron chi connectivity index (χ3n) is 1.77. The first-order chi connectivity index (χ1) is 7.13. The Morgan fingerprint density at radius 3 is 2.93 bits per heavy atom. The van der Waals surface area contributed by atoms with Crippen molar-refractivity contribution in [3.8, 4) is 0 Å². The molecule has 0 atom stereocenters. The minimum absolute atomic E-state index is 0.119. The van der Waals surface area contributed by atoms with Gasteiger partial charge >= 0.3 is 0 Å². The molecule has 0 aliphatic heterocycles. The molecule has 0 bridgehead atoms. The van der Waals surface area contributed by atoms with Crippen LogP contribution in [0, 0.1) is 0 Å². The molecular weight excluding hydrogens is 192 g/mol. The Hall–Kier alpha value is -1.65. The third kappa shape index (κ3) is 3.53. The van der Waals surface area contributed by atoms with E-state index in [1.165, 1.54) is 6.08 Å². The number of ketones is 1. The van der Waals surface area contributed by atoms with E-state index < -0.39 is 0 Å². The first-order valence-electron chi connectivity index (χ1n) is 4.92. The average Bonchev–Trinajstić information content (AvgIpc) is 2.63. The van der Waals surface area contributed by atoms with Crippen LogP contribution in [-0.4, -0.2) is 39.8 Å². The maximum atomic E-state index is 11.5. The number of rotatable bonds is 5. The number of hydrogen-bond acceptors (Lipinski definition) is 4. The lowest BCUT2D eigenvalue weighted by atomic mass is 10.3. The number of carbonyl (C=O) groups excluding carboxylic acids is 1. The van der Waals surface area contributed by atoms with Crippen molar-refractivity contribution in [3.05, 3.63) is 24.2 Å². The van der Waals surface area contributed by atoms with Gasteiger partial charge in [0.1, 0.15) is 0 Å². The number of allylic oxidation sites excluding steroid dienone is 1. The Morgan fingerprint density at radius 1 is 1.60 bits per heavy atom. The van der Waals surface area contributed by atoms with Gasteiger partial charge in [0.25, 0.3) is 0 Å². The van der Waals surface area contributed by atoms with Crippen LogP contribution in [0.5, 0.6) is 0 Å². The predicted molar refractivity (Wildman–Crippen MR) is 57.5 cm³/mol. The molecule has 0 aliphatic carbocycles. The van der Waals surface area contributed by atoms with Crippen molar-refractivity contribution >= 4 is 5.78 Å². The van der Waals surface area contributed by atoms with E-state index in [-0.39, 0.29) is 5.78 Å². The van der Waals surface area contributed by atoms with Crippen LogP contribution in [0.1, 0.15) is 23.8 Å². The molecule has 15 heavy (non-hydrogen) atoms. The van der Waals surface area contributed by atoms with E-state index in [1.807, 2.05) is 14.1 Å². The highest BCUT2D eigenvalue weighted by atomic mass is 16.1. The second kappa shape index (κ2) is 5.29. The topological polar surface area (TPSA) is 51.0 Å². The van der Waals surface area contributed by atoms with Gasteiger partial charge in [0.05, 0.1) is 6.20 Å². The highest BCUT2D eigenvalue weighted by Crippen LogP contribution is 1.97.